The van der Waals surface area contributed by atoms with Gasteiger partial charge in [0.2, 0.25) is 0 Å². The van der Waals surface area contributed by atoms with Gasteiger partial charge in [-0.1, -0.05) is 24.3 Å². The lowest BCUT2D eigenvalue weighted by molar-refractivity contribution is 0.416. The summed E-state index contributed by atoms with van der Waals surface area (Å²) in [5.41, 5.74) is 8.69. The van der Waals surface area contributed by atoms with E-state index in [-0.39, 0.29) is 0 Å². The summed E-state index contributed by atoms with van der Waals surface area (Å²) in [5.74, 6) is 0.851. The van der Waals surface area contributed by atoms with E-state index >= 15 is 0 Å². The highest BCUT2D eigenvalue weighted by molar-refractivity contribution is 9.10. The first kappa shape index (κ1) is 11.0. The van der Waals surface area contributed by atoms with Crippen LogP contribution in [0.2, 0.25) is 0 Å². The summed E-state index contributed by atoms with van der Waals surface area (Å²) in [6.07, 6.45) is 0. The predicted molar refractivity (Wildman–Crippen MR) is 70.5 cm³/mol. The number of ether oxygens (including phenoxy) is 1. The molecular formula is C13H12BrNO. The number of nitrogens with two attached hydrogens (primary N) is 1. The Bertz CT molecular complexity index is 511. The van der Waals surface area contributed by atoms with Crippen molar-refractivity contribution in [3.05, 3.63) is 46.9 Å². The molecule has 2 aromatic rings. The molecule has 0 aliphatic heterocycles. The molecule has 0 unspecified atom stereocenters. The highest BCUT2D eigenvalue weighted by Crippen LogP contribution is 2.32. The monoisotopic (exact) mass is 277 g/mol. The van der Waals surface area contributed by atoms with Crippen LogP contribution in [0.15, 0.2) is 46.9 Å². The molecule has 0 aliphatic carbocycles. The van der Waals surface area contributed by atoms with Crippen LogP contribution >= 0.6 is 15.9 Å². The van der Waals surface area contributed by atoms with Crippen LogP contribution in [0.25, 0.3) is 11.1 Å². The second-order valence-corrected chi connectivity index (χ2v) is 4.29. The van der Waals surface area contributed by atoms with Gasteiger partial charge in [0.1, 0.15) is 5.75 Å². The molecule has 16 heavy (non-hydrogen) atoms. The van der Waals surface area contributed by atoms with Crippen molar-refractivity contribution in [2.45, 2.75) is 0 Å². The van der Waals surface area contributed by atoms with E-state index in [1.165, 1.54) is 0 Å². The first-order valence-corrected chi connectivity index (χ1v) is 5.70. The van der Waals surface area contributed by atoms with E-state index in [1.807, 2.05) is 42.5 Å². The van der Waals surface area contributed by atoms with Gasteiger partial charge in [-0.2, -0.15) is 0 Å². The van der Waals surface area contributed by atoms with E-state index in [0.29, 0.717) is 0 Å². The van der Waals surface area contributed by atoms with E-state index in [4.69, 9.17) is 10.5 Å². The zero-order valence-electron chi connectivity index (χ0n) is 8.91. The van der Waals surface area contributed by atoms with Crippen LogP contribution in [0.3, 0.4) is 0 Å². The molecule has 0 spiro atoms. The van der Waals surface area contributed by atoms with Gasteiger partial charge in [-0.3, -0.25) is 0 Å². The maximum atomic E-state index is 5.86. The molecular weight excluding hydrogens is 266 g/mol. The number of methoxy groups -OCH3 is 1. The topological polar surface area (TPSA) is 35.2 Å². The average Bonchev–Trinajstić information content (AvgIpc) is 2.32. The zero-order chi connectivity index (χ0) is 11.5. The van der Waals surface area contributed by atoms with E-state index in [9.17, 15) is 0 Å². The van der Waals surface area contributed by atoms with Crippen LogP contribution in [0.1, 0.15) is 0 Å². The average molecular weight is 278 g/mol. The quantitative estimate of drug-likeness (QED) is 0.850. The number of benzene rings is 2. The van der Waals surface area contributed by atoms with Crippen molar-refractivity contribution in [3.63, 3.8) is 0 Å². The molecule has 0 heterocycles. The molecule has 2 rings (SSSR count). The van der Waals surface area contributed by atoms with Gasteiger partial charge in [-0.05, 0) is 39.7 Å². The molecule has 0 radical (unpaired) electrons. The minimum Gasteiger partial charge on any atom is -0.496 e. The lowest BCUT2D eigenvalue weighted by atomic mass is 10.0. The third kappa shape index (κ3) is 2.04. The second-order valence-electron chi connectivity index (χ2n) is 3.44. The maximum absolute atomic E-state index is 5.86. The Morgan fingerprint density at radius 1 is 1.12 bits per heavy atom. The standard InChI is InChI=1S/C13H12BrNO/c1-16-13-5-3-2-4-10(13)9-6-7-11(14)12(15)8-9/h2-8H,15H2,1H3. The smallest absolute Gasteiger partial charge is 0.126 e. The molecule has 0 fully saturated rings. The Morgan fingerprint density at radius 2 is 1.88 bits per heavy atom. The lowest BCUT2D eigenvalue weighted by Crippen LogP contribution is -1.90. The Labute approximate surface area is 103 Å². The van der Waals surface area contributed by atoms with Crippen LogP contribution < -0.4 is 10.5 Å². The normalized spacial score (nSPS) is 10.1. The minimum absolute atomic E-state index is 0.725. The molecule has 0 amide bonds. The molecule has 2 aromatic carbocycles. The van der Waals surface area contributed by atoms with Crippen molar-refractivity contribution in [2.24, 2.45) is 0 Å². The van der Waals surface area contributed by atoms with Crippen LogP contribution in [0.5, 0.6) is 5.75 Å². The summed E-state index contributed by atoms with van der Waals surface area (Å²) < 4.78 is 6.23. The van der Waals surface area contributed by atoms with Gasteiger partial charge < -0.3 is 10.5 Å². The molecule has 2 N–H and O–H groups in total. The van der Waals surface area contributed by atoms with Crippen molar-refractivity contribution in [1.82, 2.24) is 0 Å². The Hall–Kier alpha value is -1.48. The number of hydrogen-bond acceptors (Lipinski definition) is 2. The van der Waals surface area contributed by atoms with Gasteiger partial charge in [0.15, 0.2) is 0 Å². The molecule has 0 bridgehead atoms. The first-order valence-electron chi connectivity index (χ1n) is 4.91. The molecule has 0 aliphatic rings. The van der Waals surface area contributed by atoms with E-state index in [0.717, 1.165) is 27.0 Å². The zero-order valence-corrected chi connectivity index (χ0v) is 10.5. The number of halogens is 1. The highest BCUT2D eigenvalue weighted by Gasteiger charge is 2.05. The number of para-hydroxylation sites is 1. The Kier molecular flexibility index (Phi) is 3.15. The van der Waals surface area contributed by atoms with Crippen molar-refractivity contribution >= 4 is 21.6 Å². The summed E-state index contributed by atoms with van der Waals surface area (Å²) in [7, 11) is 1.67. The van der Waals surface area contributed by atoms with E-state index in [1.54, 1.807) is 7.11 Å². The van der Waals surface area contributed by atoms with Crippen LogP contribution in [0, 0.1) is 0 Å². The first-order chi connectivity index (χ1) is 7.72. The molecule has 3 heteroatoms. The largest absolute Gasteiger partial charge is 0.496 e. The van der Waals surface area contributed by atoms with Gasteiger partial charge in [-0.25, -0.2) is 0 Å². The number of nitrogen functional groups attached to an aromatic ring is 1. The molecule has 0 aromatic heterocycles. The maximum Gasteiger partial charge on any atom is 0.126 e. The van der Waals surface area contributed by atoms with Crippen molar-refractivity contribution in [1.29, 1.82) is 0 Å². The lowest BCUT2D eigenvalue weighted by Gasteiger charge is -2.09. The van der Waals surface area contributed by atoms with Crippen molar-refractivity contribution in [3.8, 4) is 16.9 Å². The van der Waals surface area contributed by atoms with Gasteiger partial charge >= 0.3 is 0 Å². The fourth-order valence-electron chi connectivity index (χ4n) is 1.59. The predicted octanol–water partition coefficient (Wildman–Crippen LogP) is 3.71. The second kappa shape index (κ2) is 4.58. The van der Waals surface area contributed by atoms with Gasteiger partial charge in [-0.15, -0.1) is 0 Å². The Morgan fingerprint density at radius 3 is 2.56 bits per heavy atom. The number of anilines is 1. The van der Waals surface area contributed by atoms with Crippen molar-refractivity contribution in [2.75, 3.05) is 12.8 Å². The van der Waals surface area contributed by atoms with Gasteiger partial charge in [0, 0.05) is 15.7 Å². The third-order valence-electron chi connectivity index (χ3n) is 2.41. The summed E-state index contributed by atoms with van der Waals surface area (Å²) in [6.45, 7) is 0. The van der Waals surface area contributed by atoms with Gasteiger partial charge in [0.25, 0.3) is 0 Å². The minimum atomic E-state index is 0.725. The summed E-state index contributed by atoms with van der Waals surface area (Å²) in [5, 5.41) is 0. The van der Waals surface area contributed by atoms with Crippen LogP contribution in [-0.4, -0.2) is 7.11 Å². The highest BCUT2D eigenvalue weighted by atomic mass is 79.9. The van der Waals surface area contributed by atoms with E-state index in [2.05, 4.69) is 15.9 Å². The fraction of sp³-hybridized carbons (Fsp3) is 0.0769. The number of rotatable bonds is 2. The van der Waals surface area contributed by atoms with E-state index < -0.39 is 0 Å². The summed E-state index contributed by atoms with van der Waals surface area (Å²) in [6, 6.07) is 13.8. The molecule has 0 saturated heterocycles. The van der Waals surface area contributed by atoms with Gasteiger partial charge in [0.05, 0.1) is 7.11 Å². The van der Waals surface area contributed by atoms with Crippen LogP contribution in [0.4, 0.5) is 5.69 Å². The molecule has 82 valence electrons. The SMILES string of the molecule is COc1ccccc1-c1ccc(Br)c(N)c1. The summed E-state index contributed by atoms with van der Waals surface area (Å²) >= 11 is 3.38. The fourth-order valence-corrected chi connectivity index (χ4v) is 1.84. The summed E-state index contributed by atoms with van der Waals surface area (Å²) in [4.78, 5) is 0. The third-order valence-corrected chi connectivity index (χ3v) is 3.14. The Balaban J connectivity index is 2.54. The molecule has 0 atom stereocenters. The molecule has 2 nitrogen and oxygen atoms in total. The van der Waals surface area contributed by atoms with Crippen LogP contribution in [-0.2, 0) is 0 Å². The van der Waals surface area contributed by atoms with Crippen molar-refractivity contribution < 1.29 is 4.74 Å². The number of hydrogen-bond donors (Lipinski definition) is 1. The molecule has 0 saturated carbocycles.